The van der Waals surface area contributed by atoms with Crippen LogP contribution in [0.15, 0.2) is 17.5 Å². The first-order chi connectivity index (χ1) is 5.36. The van der Waals surface area contributed by atoms with Gasteiger partial charge in [0, 0.05) is 0 Å². The van der Waals surface area contributed by atoms with Crippen LogP contribution >= 0.6 is 35.1 Å². The van der Waals surface area contributed by atoms with Crippen molar-refractivity contribution in [2.45, 2.75) is 0 Å². The molecule has 0 aliphatic carbocycles. The van der Waals surface area contributed by atoms with E-state index in [1.54, 1.807) is 11.3 Å². The Morgan fingerprint density at radius 3 is 2.54 bits per heavy atom. The van der Waals surface area contributed by atoms with Gasteiger partial charge in [0.1, 0.15) is 0 Å². The van der Waals surface area contributed by atoms with E-state index < -0.39 is 0 Å². The fraction of sp³-hybridized carbons (Fsp3) is 0. The SMILES string of the molecule is Cl.Nc1nnc(-c2cccs2)s1.O. The summed E-state index contributed by atoms with van der Waals surface area (Å²) in [7, 11) is 0. The second-order valence-corrected chi connectivity index (χ2v) is 3.88. The first-order valence-corrected chi connectivity index (χ1v) is 4.69. The average molecular weight is 238 g/mol. The molecule has 0 aliphatic rings. The first-order valence-electron chi connectivity index (χ1n) is 2.99. The van der Waals surface area contributed by atoms with Crippen molar-refractivity contribution >= 4 is 40.2 Å². The van der Waals surface area contributed by atoms with Gasteiger partial charge in [0.15, 0.2) is 5.01 Å². The Kier molecular flexibility index (Phi) is 4.86. The highest BCUT2D eigenvalue weighted by Gasteiger charge is 2.03. The molecule has 0 fully saturated rings. The number of rotatable bonds is 1. The van der Waals surface area contributed by atoms with Gasteiger partial charge in [-0.2, -0.15) is 0 Å². The van der Waals surface area contributed by atoms with Crippen LogP contribution < -0.4 is 5.73 Å². The van der Waals surface area contributed by atoms with Gasteiger partial charge in [0.2, 0.25) is 5.13 Å². The molecule has 2 heterocycles. The Bertz CT molecular complexity index is 348. The number of thiophene rings is 1. The third kappa shape index (κ3) is 2.63. The topological polar surface area (TPSA) is 83.3 Å². The molecule has 0 saturated heterocycles. The maximum atomic E-state index is 5.43. The van der Waals surface area contributed by atoms with Crippen molar-refractivity contribution in [3.05, 3.63) is 17.5 Å². The van der Waals surface area contributed by atoms with E-state index in [0.29, 0.717) is 5.13 Å². The number of nitrogens with zero attached hydrogens (tertiary/aromatic N) is 2. The first kappa shape index (κ1) is 12.3. The number of hydrogen-bond acceptors (Lipinski definition) is 5. The van der Waals surface area contributed by atoms with E-state index in [9.17, 15) is 0 Å². The highest BCUT2D eigenvalue weighted by Crippen LogP contribution is 2.27. The molecule has 0 bridgehead atoms. The average Bonchev–Trinajstić information content (AvgIpc) is 2.55. The van der Waals surface area contributed by atoms with Gasteiger partial charge in [-0.05, 0) is 11.4 Å². The lowest BCUT2D eigenvalue weighted by Crippen LogP contribution is -1.79. The number of anilines is 1. The molecule has 4 N–H and O–H groups in total. The summed E-state index contributed by atoms with van der Waals surface area (Å²) in [5.41, 5.74) is 5.43. The van der Waals surface area contributed by atoms with Gasteiger partial charge in [-0.15, -0.1) is 33.9 Å². The maximum absolute atomic E-state index is 5.43. The van der Waals surface area contributed by atoms with E-state index in [4.69, 9.17) is 5.73 Å². The number of nitrogens with two attached hydrogens (primary N) is 1. The minimum atomic E-state index is 0. The molecule has 2 aromatic rings. The highest BCUT2D eigenvalue weighted by atomic mass is 35.5. The summed E-state index contributed by atoms with van der Waals surface area (Å²) in [6.45, 7) is 0. The van der Waals surface area contributed by atoms with Crippen molar-refractivity contribution in [3.8, 4) is 9.88 Å². The molecule has 0 atom stereocenters. The van der Waals surface area contributed by atoms with E-state index in [1.807, 2.05) is 17.5 Å². The summed E-state index contributed by atoms with van der Waals surface area (Å²) in [5, 5.41) is 11.1. The molecular formula is C6H8ClN3OS2. The van der Waals surface area contributed by atoms with Crippen LogP contribution in [-0.2, 0) is 0 Å². The van der Waals surface area contributed by atoms with Gasteiger partial charge in [0.05, 0.1) is 4.88 Å². The van der Waals surface area contributed by atoms with Crippen LogP contribution in [0.5, 0.6) is 0 Å². The minimum Gasteiger partial charge on any atom is -0.412 e. The van der Waals surface area contributed by atoms with Gasteiger partial charge in [0.25, 0.3) is 0 Å². The number of halogens is 1. The quantitative estimate of drug-likeness (QED) is 0.815. The molecule has 0 unspecified atom stereocenters. The van der Waals surface area contributed by atoms with Gasteiger partial charge in [-0.25, -0.2) is 0 Å². The lowest BCUT2D eigenvalue weighted by Gasteiger charge is -1.81. The number of aromatic nitrogens is 2. The van der Waals surface area contributed by atoms with Crippen LogP contribution in [0.1, 0.15) is 0 Å². The van der Waals surface area contributed by atoms with Gasteiger partial charge >= 0.3 is 0 Å². The summed E-state index contributed by atoms with van der Waals surface area (Å²) in [6, 6.07) is 3.99. The molecule has 7 heteroatoms. The standard InChI is InChI=1S/C6H5N3S2.ClH.H2O/c7-6-9-8-5(11-6)4-2-1-3-10-4;;/h1-3H,(H2,7,9);1H;1H2. The second-order valence-electron chi connectivity index (χ2n) is 1.92. The van der Waals surface area contributed by atoms with Crippen molar-refractivity contribution in [1.29, 1.82) is 0 Å². The van der Waals surface area contributed by atoms with E-state index in [0.717, 1.165) is 9.88 Å². The maximum Gasteiger partial charge on any atom is 0.203 e. The fourth-order valence-electron chi connectivity index (χ4n) is 0.734. The lowest BCUT2D eigenvalue weighted by molar-refractivity contribution is 0.824. The van der Waals surface area contributed by atoms with E-state index in [-0.39, 0.29) is 17.9 Å². The Morgan fingerprint density at radius 2 is 2.08 bits per heavy atom. The number of nitrogen functional groups attached to an aromatic ring is 1. The monoisotopic (exact) mass is 237 g/mol. The van der Waals surface area contributed by atoms with Gasteiger partial charge in [-0.3, -0.25) is 0 Å². The van der Waals surface area contributed by atoms with Crippen LogP contribution in [0.2, 0.25) is 0 Å². The molecule has 0 aliphatic heterocycles. The molecule has 0 spiro atoms. The van der Waals surface area contributed by atoms with Crippen LogP contribution in [0.4, 0.5) is 5.13 Å². The zero-order valence-corrected chi connectivity index (χ0v) is 8.88. The van der Waals surface area contributed by atoms with Crippen molar-refractivity contribution in [2.24, 2.45) is 0 Å². The lowest BCUT2D eigenvalue weighted by atomic mass is 10.5. The van der Waals surface area contributed by atoms with E-state index in [1.165, 1.54) is 11.3 Å². The summed E-state index contributed by atoms with van der Waals surface area (Å²) >= 11 is 3.05. The molecule has 0 saturated carbocycles. The zero-order chi connectivity index (χ0) is 7.68. The van der Waals surface area contributed by atoms with Crippen molar-refractivity contribution in [3.63, 3.8) is 0 Å². The Hall–Kier alpha value is -0.690. The minimum absolute atomic E-state index is 0. The van der Waals surface area contributed by atoms with Crippen molar-refractivity contribution in [1.82, 2.24) is 10.2 Å². The molecule has 2 rings (SSSR count). The Labute approximate surface area is 89.2 Å². The summed E-state index contributed by atoms with van der Waals surface area (Å²) in [6.07, 6.45) is 0. The zero-order valence-electron chi connectivity index (χ0n) is 6.43. The fourth-order valence-corrected chi connectivity index (χ4v) is 2.14. The molecule has 2 aromatic heterocycles. The van der Waals surface area contributed by atoms with E-state index >= 15 is 0 Å². The predicted molar refractivity (Wildman–Crippen MR) is 58.5 cm³/mol. The van der Waals surface area contributed by atoms with Crippen LogP contribution in [-0.4, -0.2) is 15.7 Å². The predicted octanol–water partition coefficient (Wildman–Crippen LogP) is 1.45. The molecule has 13 heavy (non-hydrogen) atoms. The normalized spacial score (nSPS) is 8.62. The summed E-state index contributed by atoms with van der Waals surface area (Å²) < 4.78 is 0. The molecule has 4 nitrogen and oxygen atoms in total. The summed E-state index contributed by atoms with van der Waals surface area (Å²) in [5.74, 6) is 0. The Morgan fingerprint density at radius 1 is 1.31 bits per heavy atom. The summed E-state index contributed by atoms with van der Waals surface area (Å²) in [4.78, 5) is 1.12. The van der Waals surface area contributed by atoms with Crippen LogP contribution in [0, 0.1) is 0 Å². The molecule has 0 radical (unpaired) electrons. The van der Waals surface area contributed by atoms with Gasteiger partial charge < -0.3 is 11.2 Å². The molecule has 0 amide bonds. The molecule has 72 valence electrons. The highest BCUT2D eigenvalue weighted by molar-refractivity contribution is 7.22. The van der Waals surface area contributed by atoms with Crippen molar-refractivity contribution < 1.29 is 5.48 Å². The van der Waals surface area contributed by atoms with E-state index in [2.05, 4.69) is 10.2 Å². The number of hydrogen-bond donors (Lipinski definition) is 1. The van der Waals surface area contributed by atoms with Gasteiger partial charge in [-0.1, -0.05) is 17.4 Å². The largest absolute Gasteiger partial charge is 0.412 e. The molecule has 0 aromatic carbocycles. The van der Waals surface area contributed by atoms with Crippen LogP contribution in [0.3, 0.4) is 0 Å². The smallest absolute Gasteiger partial charge is 0.203 e. The molecular weight excluding hydrogens is 230 g/mol. The second kappa shape index (κ2) is 5.13. The van der Waals surface area contributed by atoms with Crippen LogP contribution in [0.25, 0.3) is 9.88 Å². The van der Waals surface area contributed by atoms with Crippen molar-refractivity contribution in [2.75, 3.05) is 5.73 Å². The third-order valence-corrected chi connectivity index (χ3v) is 2.96. The Balaban J connectivity index is 0.000000720. The third-order valence-electron chi connectivity index (χ3n) is 1.17.